The Balaban J connectivity index is 2.02. The first kappa shape index (κ1) is 19.2. The average molecular weight is 346 g/mol. The molecule has 1 unspecified atom stereocenters. The second kappa shape index (κ2) is 6.62. The van der Waals surface area contributed by atoms with Crippen molar-refractivity contribution < 1.29 is 8.42 Å². The highest BCUT2D eigenvalue weighted by atomic mass is 32.2. The summed E-state index contributed by atoms with van der Waals surface area (Å²) >= 11 is 0. The van der Waals surface area contributed by atoms with E-state index < -0.39 is 10.0 Å². The predicted octanol–water partition coefficient (Wildman–Crippen LogP) is 2.00. The van der Waals surface area contributed by atoms with Gasteiger partial charge in [-0.15, -0.1) is 0 Å². The summed E-state index contributed by atoms with van der Waals surface area (Å²) in [7, 11) is -3.18. The lowest BCUT2D eigenvalue weighted by Crippen LogP contribution is -2.58. The minimum absolute atomic E-state index is 0.0408. The predicted molar refractivity (Wildman–Crippen MR) is 96.2 cm³/mol. The van der Waals surface area contributed by atoms with Crippen molar-refractivity contribution in [3.63, 3.8) is 0 Å². The van der Waals surface area contributed by atoms with Crippen LogP contribution < -0.4 is 0 Å². The molecule has 5 nitrogen and oxygen atoms in total. The molecule has 2 aliphatic rings. The Bertz CT molecular complexity index is 497. The molecule has 0 N–H and O–H groups in total. The molecule has 1 atom stereocenters. The number of hydrogen-bond acceptors (Lipinski definition) is 4. The summed E-state index contributed by atoms with van der Waals surface area (Å²) in [5, 5.41) is -0.239. The van der Waals surface area contributed by atoms with Crippen LogP contribution in [0.25, 0.3) is 0 Å². The van der Waals surface area contributed by atoms with E-state index in [1.54, 1.807) is 4.31 Å². The molecule has 0 aliphatic carbocycles. The van der Waals surface area contributed by atoms with Crippen LogP contribution >= 0.6 is 0 Å². The average Bonchev–Trinajstić information content (AvgIpc) is 2.46. The van der Waals surface area contributed by atoms with E-state index in [-0.39, 0.29) is 16.3 Å². The fourth-order valence-corrected chi connectivity index (χ4v) is 5.54. The van der Waals surface area contributed by atoms with Crippen LogP contribution in [0.1, 0.15) is 54.4 Å². The van der Waals surface area contributed by atoms with E-state index in [4.69, 9.17) is 0 Å². The molecular weight excluding hydrogens is 310 g/mol. The highest BCUT2D eigenvalue weighted by molar-refractivity contribution is 7.89. The standard InChI is InChI=1S/C17H35N3O2S/c1-16(2,3)18-10-12-20(13-11-18)23(21,22)15-8-7-9-19(14-15)17(4,5)6/h15H,7-14H2,1-6H3. The maximum absolute atomic E-state index is 13.1. The lowest BCUT2D eigenvalue weighted by molar-refractivity contribution is 0.0883. The van der Waals surface area contributed by atoms with E-state index in [9.17, 15) is 8.42 Å². The van der Waals surface area contributed by atoms with Gasteiger partial charge >= 0.3 is 0 Å². The minimum atomic E-state index is -3.18. The molecule has 0 aromatic rings. The van der Waals surface area contributed by atoms with Crippen LogP contribution in [0.2, 0.25) is 0 Å². The van der Waals surface area contributed by atoms with Crippen molar-refractivity contribution in [2.24, 2.45) is 0 Å². The first-order valence-electron chi connectivity index (χ1n) is 8.91. The third-order valence-corrected chi connectivity index (χ3v) is 7.61. The summed E-state index contributed by atoms with van der Waals surface area (Å²) < 4.78 is 27.8. The summed E-state index contributed by atoms with van der Waals surface area (Å²) in [6.07, 6.45) is 1.78. The van der Waals surface area contributed by atoms with E-state index in [1.807, 2.05) is 0 Å². The Morgan fingerprint density at radius 2 is 1.30 bits per heavy atom. The van der Waals surface area contributed by atoms with Gasteiger partial charge in [-0.1, -0.05) is 0 Å². The zero-order valence-electron chi connectivity index (χ0n) is 15.8. The maximum atomic E-state index is 13.1. The Kier molecular flexibility index (Phi) is 5.51. The third-order valence-electron chi connectivity index (χ3n) is 5.30. The van der Waals surface area contributed by atoms with E-state index in [1.165, 1.54) is 0 Å². The van der Waals surface area contributed by atoms with Crippen LogP contribution in [0.4, 0.5) is 0 Å². The molecule has 0 aromatic carbocycles. The van der Waals surface area contributed by atoms with Gasteiger partial charge in [0.1, 0.15) is 0 Å². The molecule has 0 aromatic heterocycles. The number of piperidine rings is 1. The maximum Gasteiger partial charge on any atom is 0.218 e. The van der Waals surface area contributed by atoms with E-state index in [0.717, 1.165) is 32.5 Å². The summed E-state index contributed by atoms with van der Waals surface area (Å²) in [4.78, 5) is 4.70. The van der Waals surface area contributed by atoms with E-state index in [0.29, 0.717) is 19.6 Å². The fraction of sp³-hybridized carbons (Fsp3) is 1.00. The molecule has 0 saturated carbocycles. The number of sulfonamides is 1. The largest absolute Gasteiger partial charge is 0.297 e. The number of piperazine rings is 1. The van der Waals surface area contributed by atoms with Crippen LogP contribution in [0.15, 0.2) is 0 Å². The van der Waals surface area contributed by atoms with Crippen LogP contribution in [0, 0.1) is 0 Å². The van der Waals surface area contributed by atoms with Gasteiger partial charge in [0.25, 0.3) is 0 Å². The fourth-order valence-electron chi connectivity index (χ4n) is 3.61. The first-order chi connectivity index (χ1) is 10.4. The van der Waals surface area contributed by atoms with Gasteiger partial charge in [0.05, 0.1) is 5.25 Å². The Labute approximate surface area is 143 Å². The second-order valence-electron chi connectivity index (χ2n) is 8.98. The summed E-state index contributed by atoms with van der Waals surface area (Å²) in [6, 6.07) is 0. The molecule has 0 spiro atoms. The van der Waals surface area contributed by atoms with E-state index >= 15 is 0 Å². The molecule has 2 fully saturated rings. The number of nitrogens with zero attached hydrogens (tertiary/aromatic N) is 3. The summed E-state index contributed by atoms with van der Waals surface area (Å²) in [5.41, 5.74) is 0.156. The van der Waals surface area contributed by atoms with Crippen molar-refractivity contribution in [1.82, 2.24) is 14.1 Å². The van der Waals surface area contributed by atoms with E-state index in [2.05, 4.69) is 51.3 Å². The van der Waals surface area contributed by atoms with Crippen molar-refractivity contribution in [3.05, 3.63) is 0 Å². The van der Waals surface area contributed by atoms with Crippen LogP contribution in [0.3, 0.4) is 0 Å². The minimum Gasteiger partial charge on any atom is -0.297 e. The lowest BCUT2D eigenvalue weighted by Gasteiger charge is -2.45. The SMILES string of the molecule is CC(C)(C)N1CCN(S(=O)(=O)C2CCCN(C(C)(C)C)C2)CC1. The van der Waals surface area contributed by atoms with Crippen molar-refractivity contribution >= 4 is 10.0 Å². The third kappa shape index (κ3) is 4.47. The second-order valence-corrected chi connectivity index (χ2v) is 11.2. The van der Waals surface area contributed by atoms with Gasteiger partial charge in [-0.05, 0) is 60.9 Å². The number of rotatable bonds is 2. The molecule has 0 bridgehead atoms. The lowest BCUT2D eigenvalue weighted by atomic mass is 10.0. The van der Waals surface area contributed by atoms with Crippen LogP contribution in [-0.2, 0) is 10.0 Å². The molecule has 2 heterocycles. The van der Waals surface area contributed by atoms with Crippen LogP contribution in [-0.4, -0.2) is 78.1 Å². The van der Waals surface area contributed by atoms with Gasteiger partial charge in [-0.2, -0.15) is 4.31 Å². The zero-order chi connectivity index (χ0) is 17.5. The molecule has 136 valence electrons. The molecular formula is C17H35N3O2S. The molecule has 23 heavy (non-hydrogen) atoms. The quantitative estimate of drug-likeness (QED) is 0.768. The molecule has 6 heteroatoms. The van der Waals surface area contributed by atoms with Crippen molar-refractivity contribution in [2.75, 3.05) is 39.3 Å². The Hall–Kier alpha value is -0.170. The zero-order valence-corrected chi connectivity index (χ0v) is 16.6. The monoisotopic (exact) mass is 345 g/mol. The molecule has 2 saturated heterocycles. The highest BCUT2D eigenvalue weighted by Gasteiger charge is 2.39. The van der Waals surface area contributed by atoms with Crippen molar-refractivity contribution in [1.29, 1.82) is 0 Å². The smallest absolute Gasteiger partial charge is 0.218 e. The molecule has 2 aliphatic heterocycles. The van der Waals surface area contributed by atoms with Gasteiger partial charge in [-0.3, -0.25) is 9.80 Å². The highest BCUT2D eigenvalue weighted by Crippen LogP contribution is 2.27. The van der Waals surface area contributed by atoms with Gasteiger partial charge < -0.3 is 0 Å². The van der Waals surface area contributed by atoms with Crippen LogP contribution in [0.5, 0.6) is 0 Å². The van der Waals surface area contributed by atoms with Gasteiger partial charge in [0.15, 0.2) is 0 Å². The van der Waals surface area contributed by atoms with Crippen molar-refractivity contribution in [3.8, 4) is 0 Å². The Morgan fingerprint density at radius 3 is 1.78 bits per heavy atom. The topological polar surface area (TPSA) is 43.9 Å². The summed E-state index contributed by atoms with van der Waals surface area (Å²) in [5.74, 6) is 0. The molecule has 0 amide bonds. The normalized spacial score (nSPS) is 27.3. The van der Waals surface area contributed by atoms with Crippen molar-refractivity contribution in [2.45, 2.75) is 70.7 Å². The number of hydrogen-bond donors (Lipinski definition) is 0. The summed E-state index contributed by atoms with van der Waals surface area (Å²) in [6.45, 7) is 17.7. The molecule has 2 rings (SSSR count). The Morgan fingerprint density at radius 1 is 0.783 bits per heavy atom. The van der Waals surface area contributed by atoms with Gasteiger partial charge in [0, 0.05) is 43.8 Å². The number of likely N-dealkylation sites (tertiary alicyclic amines) is 1. The van der Waals surface area contributed by atoms with Gasteiger partial charge in [0.2, 0.25) is 10.0 Å². The first-order valence-corrected chi connectivity index (χ1v) is 10.4. The molecule has 0 radical (unpaired) electrons. The van der Waals surface area contributed by atoms with Gasteiger partial charge in [-0.25, -0.2) is 8.42 Å².